The number of fused-ring (bicyclic) bond motifs is 2. The van der Waals surface area contributed by atoms with Crippen LogP contribution in [0.2, 0.25) is 0 Å². The molecule has 2 heterocycles. The zero-order chi connectivity index (χ0) is 15.1. The second-order valence-electron chi connectivity index (χ2n) is 4.26. The van der Waals surface area contributed by atoms with Gasteiger partial charge in [-0.2, -0.15) is 0 Å². The number of carbonyl (C=O) groups excluding carboxylic acids is 1. The van der Waals surface area contributed by atoms with E-state index in [1.54, 1.807) is 12.4 Å². The van der Waals surface area contributed by atoms with Crippen LogP contribution in [0.1, 0.15) is 0 Å². The molecule has 1 aliphatic heterocycles. The summed E-state index contributed by atoms with van der Waals surface area (Å²) in [5.41, 5.74) is 6.38. The van der Waals surface area contributed by atoms with Crippen molar-refractivity contribution in [1.82, 2.24) is 15.3 Å². The van der Waals surface area contributed by atoms with Crippen molar-refractivity contribution in [2.45, 2.75) is 0 Å². The van der Waals surface area contributed by atoms with Crippen molar-refractivity contribution >= 4 is 29.4 Å². The first-order valence-corrected chi connectivity index (χ1v) is 6.56. The van der Waals surface area contributed by atoms with Gasteiger partial charge in [0.25, 0.3) is 0 Å². The molecule has 0 bridgehead atoms. The van der Waals surface area contributed by atoms with Crippen LogP contribution in [0.25, 0.3) is 0 Å². The van der Waals surface area contributed by atoms with Crippen molar-refractivity contribution in [3.63, 3.8) is 0 Å². The summed E-state index contributed by atoms with van der Waals surface area (Å²) in [7, 11) is 1.95. The van der Waals surface area contributed by atoms with E-state index >= 15 is 0 Å². The molecule has 1 amide bonds. The fraction of sp³-hybridized carbons (Fsp3) is 0.214. The Kier molecular flexibility index (Phi) is 5.05. The van der Waals surface area contributed by atoms with Crippen LogP contribution in [-0.4, -0.2) is 36.5 Å². The van der Waals surface area contributed by atoms with Gasteiger partial charge in [-0.3, -0.25) is 4.79 Å². The molecule has 1 aromatic heterocycles. The first kappa shape index (κ1) is 14.7. The number of primary amides is 1. The Balaban J connectivity index is 0.000000497. The molecule has 0 spiro atoms. The van der Waals surface area contributed by atoms with Crippen LogP contribution in [0, 0.1) is 0 Å². The molecule has 0 fully saturated rings. The smallest absolute Gasteiger partial charge is 0.204 e. The normalized spacial score (nSPS) is 11.4. The predicted molar refractivity (Wildman–Crippen MR) is 82.9 cm³/mol. The Morgan fingerprint density at radius 1 is 1.33 bits per heavy atom. The van der Waals surface area contributed by atoms with Gasteiger partial charge in [-0.05, 0) is 19.2 Å². The number of rotatable bonds is 3. The predicted octanol–water partition coefficient (Wildman–Crippen LogP) is 0.993. The van der Waals surface area contributed by atoms with E-state index in [1.165, 1.54) is 0 Å². The zero-order valence-corrected chi connectivity index (χ0v) is 11.8. The van der Waals surface area contributed by atoms with Gasteiger partial charge in [-0.15, -0.1) is 0 Å². The molecule has 3 rings (SSSR count). The first-order chi connectivity index (χ1) is 10.3. The van der Waals surface area contributed by atoms with Crippen molar-refractivity contribution in [2.75, 3.05) is 30.4 Å². The van der Waals surface area contributed by atoms with Gasteiger partial charge in [-0.1, -0.05) is 12.1 Å². The summed E-state index contributed by atoms with van der Waals surface area (Å²) in [5, 5.41) is 6.48. The van der Waals surface area contributed by atoms with E-state index in [2.05, 4.69) is 43.4 Å². The number of nitrogens with two attached hydrogens (primary N) is 1. The van der Waals surface area contributed by atoms with Crippen LogP contribution in [0.3, 0.4) is 0 Å². The van der Waals surface area contributed by atoms with Crippen molar-refractivity contribution in [2.24, 2.45) is 5.73 Å². The number of anilines is 4. The Morgan fingerprint density at radius 3 is 2.81 bits per heavy atom. The lowest BCUT2D eigenvalue weighted by Gasteiger charge is -2.31. The summed E-state index contributed by atoms with van der Waals surface area (Å²) in [6.45, 7) is 1.76. The average molecular weight is 286 g/mol. The Bertz CT molecular complexity index is 558. The summed E-state index contributed by atoms with van der Waals surface area (Å²) >= 11 is 0. The summed E-state index contributed by atoms with van der Waals surface area (Å²) < 4.78 is 0. The molecule has 2 aromatic rings. The lowest BCUT2D eigenvalue weighted by molar-refractivity contribution is -0.106. The second-order valence-corrected chi connectivity index (χ2v) is 4.26. The minimum Gasteiger partial charge on any atom is -0.372 e. The highest BCUT2D eigenvalue weighted by atomic mass is 16.1. The number of benzene rings is 1. The van der Waals surface area contributed by atoms with Gasteiger partial charge in [0.05, 0.1) is 11.4 Å². The molecule has 7 heteroatoms. The quantitative estimate of drug-likeness (QED) is 0.728. The molecule has 0 saturated heterocycles. The number of likely N-dealkylation sites (N-methyl/N-ethyl adjacent to an activating group) is 1. The molecule has 1 aliphatic rings. The number of nitrogens with one attached hydrogen (secondary N) is 2. The Morgan fingerprint density at radius 2 is 2.05 bits per heavy atom. The van der Waals surface area contributed by atoms with E-state index < -0.39 is 0 Å². The van der Waals surface area contributed by atoms with E-state index in [1.807, 2.05) is 19.2 Å². The van der Waals surface area contributed by atoms with Crippen LogP contribution in [0.4, 0.5) is 23.0 Å². The molecule has 0 unspecified atom stereocenters. The third kappa shape index (κ3) is 3.26. The van der Waals surface area contributed by atoms with Crippen LogP contribution in [-0.2, 0) is 4.79 Å². The summed E-state index contributed by atoms with van der Waals surface area (Å²) in [6, 6.07) is 8.20. The average Bonchev–Trinajstić information content (AvgIpc) is 2.52. The number of hydrogen-bond acceptors (Lipinski definition) is 6. The Hall–Kier alpha value is -2.67. The maximum absolute atomic E-state index is 8.58. The third-order valence-corrected chi connectivity index (χ3v) is 2.97. The van der Waals surface area contributed by atoms with Crippen LogP contribution >= 0.6 is 0 Å². The molecule has 1 aromatic carbocycles. The van der Waals surface area contributed by atoms with Gasteiger partial charge >= 0.3 is 0 Å². The van der Waals surface area contributed by atoms with Gasteiger partial charge in [0.15, 0.2) is 11.6 Å². The highest BCUT2D eigenvalue weighted by Gasteiger charge is 2.23. The summed E-state index contributed by atoms with van der Waals surface area (Å²) in [6.07, 6.45) is 3.68. The van der Waals surface area contributed by atoms with Crippen molar-refractivity contribution in [1.29, 1.82) is 0 Å². The minimum absolute atomic E-state index is 0.250. The highest BCUT2D eigenvalue weighted by Crippen LogP contribution is 2.40. The van der Waals surface area contributed by atoms with Gasteiger partial charge in [0.2, 0.25) is 6.41 Å². The molecule has 0 saturated carbocycles. The maximum atomic E-state index is 8.58. The zero-order valence-electron chi connectivity index (χ0n) is 11.8. The molecule has 0 radical (unpaired) electrons. The topological polar surface area (TPSA) is 96.2 Å². The largest absolute Gasteiger partial charge is 0.372 e. The van der Waals surface area contributed by atoms with Crippen molar-refractivity contribution in [3.8, 4) is 0 Å². The lowest BCUT2D eigenvalue weighted by atomic mass is 10.2. The van der Waals surface area contributed by atoms with Gasteiger partial charge in [-0.25, -0.2) is 9.97 Å². The standard InChI is InChI=1S/C13H15N5.CH3NO/c1-14-8-9-18-11-5-3-2-4-10(11)17-12-13(18)16-7-6-15-12;2-1-3/h2-7,14H,8-9H2,1H3,(H,15,17);1H,(H2,2,3). The highest BCUT2D eigenvalue weighted by molar-refractivity contribution is 5.87. The molecule has 7 nitrogen and oxygen atoms in total. The molecular formula is C14H18N6O. The second kappa shape index (κ2) is 7.20. The summed E-state index contributed by atoms with van der Waals surface area (Å²) in [5.74, 6) is 1.69. The molecule has 0 atom stereocenters. The van der Waals surface area contributed by atoms with Crippen molar-refractivity contribution in [3.05, 3.63) is 36.7 Å². The first-order valence-electron chi connectivity index (χ1n) is 6.56. The van der Waals surface area contributed by atoms with E-state index in [0.717, 1.165) is 36.1 Å². The Labute approximate surface area is 123 Å². The molecule has 110 valence electrons. The number of amides is 1. The molecular weight excluding hydrogens is 268 g/mol. The lowest BCUT2D eigenvalue weighted by Crippen LogP contribution is -2.30. The number of carbonyl (C=O) groups is 1. The van der Waals surface area contributed by atoms with E-state index in [9.17, 15) is 0 Å². The van der Waals surface area contributed by atoms with E-state index in [4.69, 9.17) is 4.79 Å². The number of para-hydroxylation sites is 2. The monoisotopic (exact) mass is 286 g/mol. The minimum atomic E-state index is 0.250. The van der Waals surface area contributed by atoms with Gasteiger partial charge in [0.1, 0.15) is 0 Å². The van der Waals surface area contributed by atoms with Crippen LogP contribution < -0.4 is 21.3 Å². The van der Waals surface area contributed by atoms with Gasteiger partial charge in [0, 0.05) is 25.5 Å². The van der Waals surface area contributed by atoms with E-state index in [-0.39, 0.29) is 6.41 Å². The number of aromatic nitrogens is 2. The molecule has 0 aliphatic carbocycles. The number of hydrogen-bond donors (Lipinski definition) is 3. The fourth-order valence-electron chi connectivity index (χ4n) is 2.12. The van der Waals surface area contributed by atoms with Gasteiger partial charge < -0.3 is 21.3 Å². The summed E-state index contributed by atoms with van der Waals surface area (Å²) in [4.78, 5) is 19.5. The fourth-order valence-corrected chi connectivity index (χ4v) is 2.12. The third-order valence-electron chi connectivity index (χ3n) is 2.97. The molecule has 4 N–H and O–H groups in total. The maximum Gasteiger partial charge on any atom is 0.204 e. The SMILES string of the molecule is CNCCN1c2ccccc2Nc2nccnc21.NC=O. The molecule has 21 heavy (non-hydrogen) atoms. The van der Waals surface area contributed by atoms with Crippen molar-refractivity contribution < 1.29 is 4.79 Å². The van der Waals surface area contributed by atoms with E-state index in [0.29, 0.717) is 0 Å². The number of nitrogens with zero attached hydrogens (tertiary/aromatic N) is 3. The van der Waals surface area contributed by atoms with Crippen LogP contribution in [0.15, 0.2) is 36.7 Å². The van der Waals surface area contributed by atoms with Crippen LogP contribution in [0.5, 0.6) is 0 Å².